The lowest BCUT2D eigenvalue weighted by atomic mass is 10.2. The molecule has 0 heterocycles. The molecule has 0 saturated heterocycles. The Morgan fingerprint density at radius 3 is 2.82 bits per heavy atom. The molecule has 3 N–H and O–H groups in total. The summed E-state index contributed by atoms with van der Waals surface area (Å²) in [5.41, 5.74) is 0.870. The molecule has 1 aromatic rings. The van der Waals surface area contributed by atoms with Crippen LogP contribution in [0.3, 0.4) is 0 Å². The highest BCUT2D eigenvalue weighted by Crippen LogP contribution is 2.17. The summed E-state index contributed by atoms with van der Waals surface area (Å²) in [6, 6.07) is 7.22. The highest BCUT2D eigenvalue weighted by atomic mass is 16.5. The number of ether oxygens (including phenoxy) is 1. The van der Waals surface area contributed by atoms with Gasteiger partial charge in [-0.1, -0.05) is 18.2 Å². The molecular formula is C12H17NO4. The first kappa shape index (κ1) is 13.5. The molecule has 94 valence electrons. The van der Waals surface area contributed by atoms with Gasteiger partial charge in [0.25, 0.3) is 0 Å². The Balaban J connectivity index is 2.54. The van der Waals surface area contributed by atoms with Crippen LogP contribution in [0.15, 0.2) is 24.3 Å². The van der Waals surface area contributed by atoms with Crippen LogP contribution < -0.4 is 10.1 Å². The van der Waals surface area contributed by atoms with Gasteiger partial charge in [-0.2, -0.15) is 0 Å². The Hall–Kier alpha value is -1.59. The molecule has 5 heteroatoms. The van der Waals surface area contributed by atoms with E-state index >= 15 is 0 Å². The number of carboxylic acid groups (broad SMARTS) is 1. The van der Waals surface area contributed by atoms with Crippen molar-refractivity contribution in [2.75, 3.05) is 13.2 Å². The summed E-state index contributed by atoms with van der Waals surface area (Å²) in [5.74, 6) is -0.454. The zero-order chi connectivity index (χ0) is 12.7. The van der Waals surface area contributed by atoms with Crippen LogP contribution in [0.4, 0.5) is 0 Å². The van der Waals surface area contributed by atoms with Crippen molar-refractivity contribution in [2.45, 2.75) is 19.6 Å². The molecule has 0 aromatic heterocycles. The van der Waals surface area contributed by atoms with E-state index in [2.05, 4.69) is 5.32 Å². The van der Waals surface area contributed by atoms with Gasteiger partial charge in [-0.05, 0) is 13.0 Å². The van der Waals surface area contributed by atoms with Crippen molar-refractivity contribution >= 4 is 5.97 Å². The number of hydrogen-bond donors (Lipinski definition) is 3. The summed E-state index contributed by atoms with van der Waals surface area (Å²) in [7, 11) is 0. The molecule has 5 nitrogen and oxygen atoms in total. The molecule has 1 aromatic carbocycles. The zero-order valence-electron chi connectivity index (χ0n) is 9.72. The van der Waals surface area contributed by atoms with Crippen LogP contribution in [0.5, 0.6) is 5.75 Å². The maximum Gasteiger partial charge on any atom is 0.341 e. The highest BCUT2D eigenvalue weighted by molar-refractivity contribution is 5.68. The summed E-state index contributed by atoms with van der Waals surface area (Å²) in [5, 5.41) is 20.7. The van der Waals surface area contributed by atoms with Gasteiger partial charge in [-0.3, -0.25) is 0 Å². The number of nitrogens with one attached hydrogen (secondary N) is 1. The largest absolute Gasteiger partial charge is 0.482 e. The lowest BCUT2D eigenvalue weighted by Crippen LogP contribution is -2.24. The Bertz CT molecular complexity index is 365. The predicted octanol–water partition coefficient (Wildman–Crippen LogP) is 0.620. The number of aliphatic hydroxyl groups is 1. The maximum absolute atomic E-state index is 10.4. The van der Waals surface area contributed by atoms with Crippen molar-refractivity contribution in [2.24, 2.45) is 0 Å². The van der Waals surface area contributed by atoms with Gasteiger partial charge in [0.2, 0.25) is 0 Å². The van der Waals surface area contributed by atoms with Crippen LogP contribution in [-0.4, -0.2) is 35.4 Å². The topological polar surface area (TPSA) is 78.8 Å². The highest BCUT2D eigenvalue weighted by Gasteiger charge is 2.05. The third-order valence-electron chi connectivity index (χ3n) is 2.08. The molecule has 0 aliphatic heterocycles. The lowest BCUT2D eigenvalue weighted by Gasteiger charge is -2.11. The van der Waals surface area contributed by atoms with Crippen molar-refractivity contribution in [3.63, 3.8) is 0 Å². The number of carbonyl (C=O) groups is 1. The number of aliphatic carboxylic acids is 1. The first-order chi connectivity index (χ1) is 8.09. The minimum absolute atomic E-state index is 0.354. The van der Waals surface area contributed by atoms with E-state index in [1.165, 1.54) is 0 Å². The van der Waals surface area contributed by atoms with E-state index in [-0.39, 0.29) is 6.61 Å². The quantitative estimate of drug-likeness (QED) is 0.650. The molecule has 0 spiro atoms. The van der Waals surface area contributed by atoms with Crippen LogP contribution in [-0.2, 0) is 11.3 Å². The van der Waals surface area contributed by atoms with Crippen molar-refractivity contribution in [1.82, 2.24) is 5.32 Å². The van der Waals surface area contributed by atoms with Gasteiger partial charge < -0.3 is 20.3 Å². The van der Waals surface area contributed by atoms with Gasteiger partial charge in [0.15, 0.2) is 6.61 Å². The molecular weight excluding hydrogens is 222 g/mol. The third kappa shape index (κ3) is 5.33. The fraction of sp³-hybridized carbons (Fsp3) is 0.417. The molecule has 0 aliphatic rings. The molecule has 0 amide bonds. The monoisotopic (exact) mass is 239 g/mol. The molecule has 0 bridgehead atoms. The summed E-state index contributed by atoms with van der Waals surface area (Å²) in [6.07, 6.45) is -0.415. The van der Waals surface area contributed by atoms with Crippen LogP contribution in [0, 0.1) is 0 Å². The summed E-state index contributed by atoms with van der Waals surface area (Å²) in [6.45, 7) is 2.35. The van der Waals surface area contributed by atoms with Gasteiger partial charge in [0.05, 0.1) is 6.10 Å². The average molecular weight is 239 g/mol. The normalized spacial score (nSPS) is 12.1. The zero-order valence-corrected chi connectivity index (χ0v) is 9.72. The minimum atomic E-state index is -1.00. The number of hydrogen-bond acceptors (Lipinski definition) is 4. The Morgan fingerprint density at radius 2 is 2.18 bits per heavy atom. The molecule has 0 radical (unpaired) electrons. The van der Waals surface area contributed by atoms with Crippen LogP contribution in [0.2, 0.25) is 0 Å². The van der Waals surface area contributed by atoms with Crippen molar-refractivity contribution in [3.05, 3.63) is 29.8 Å². The second kappa shape index (κ2) is 6.88. The smallest absolute Gasteiger partial charge is 0.341 e. The van der Waals surface area contributed by atoms with Crippen LogP contribution in [0.1, 0.15) is 12.5 Å². The lowest BCUT2D eigenvalue weighted by molar-refractivity contribution is -0.139. The molecule has 1 rings (SSSR count). The standard InChI is InChI=1S/C12H17NO4/c1-9(14)6-13-7-10-4-2-3-5-11(10)17-8-12(15)16/h2-5,9,13-14H,6-8H2,1H3,(H,15,16)/t9-/m0/s1. The first-order valence-corrected chi connectivity index (χ1v) is 5.41. The van der Waals surface area contributed by atoms with Crippen molar-refractivity contribution in [3.8, 4) is 5.75 Å². The van der Waals surface area contributed by atoms with Gasteiger partial charge in [-0.15, -0.1) is 0 Å². The molecule has 0 aliphatic carbocycles. The SMILES string of the molecule is C[C@H](O)CNCc1ccccc1OCC(=O)O. The van der Waals surface area contributed by atoms with E-state index in [0.717, 1.165) is 5.56 Å². The van der Waals surface area contributed by atoms with E-state index in [9.17, 15) is 4.79 Å². The van der Waals surface area contributed by atoms with Crippen LogP contribution in [0.25, 0.3) is 0 Å². The fourth-order valence-corrected chi connectivity index (χ4v) is 1.35. The van der Waals surface area contributed by atoms with Crippen molar-refractivity contribution in [1.29, 1.82) is 0 Å². The summed E-state index contributed by atoms with van der Waals surface area (Å²) < 4.78 is 5.15. The van der Waals surface area contributed by atoms with Crippen molar-refractivity contribution < 1.29 is 19.7 Å². The van der Waals surface area contributed by atoms with E-state index in [1.54, 1.807) is 19.1 Å². The Kier molecular flexibility index (Phi) is 5.45. The summed E-state index contributed by atoms with van der Waals surface area (Å²) in [4.78, 5) is 10.4. The summed E-state index contributed by atoms with van der Waals surface area (Å²) >= 11 is 0. The van der Waals surface area contributed by atoms with E-state index in [4.69, 9.17) is 14.9 Å². The number of benzene rings is 1. The van der Waals surface area contributed by atoms with Gasteiger partial charge in [0, 0.05) is 18.7 Å². The van der Waals surface area contributed by atoms with Gasteiger partial charge in [-0.25, -0.2) is 4.79 Å². The molecule has 0 fully saturated rings. The second-order valence-corrected chi connectivity index (χ2v) is 3.77. The van der Waals surface area contributed by atoms with E-state index in [0.29, 0.717) is 18.8 Å². The predicted molar refractivity (Wildman–Crippen MR) is 63.0 cm³/mol. The fourth-order valence-electron chi connectivity index (χ4n) is 1.35. The molecule has 0 unspecified atom stereocenters. The minimum Gasteiger partial charge on any atom is -0.482 e. The second-order valence-electron chi connectivity index (χ2n) is 3.77. The van der Waals surface area contributed by atoms with E-state index in [1.807, 2.05) is 12.1 Å². The maximum atomic E-state index is 10.4. The van der Waals surface area contributed by atoms with Gasteiger partial charge in [0.1, 0.15) is 5.75 Å². The number of para-hydroxylation sites is 1. The first-order valence-electron chi connectivity index (χ1n) is 5.41. The molecule has 0 saturated carbocycles. The number of aliphatic hydroxyl groups excluding tert-OH is 1. The third-order valence-corrected chi connectivity index (χ3v) is 2.08. The Morgan fingerprint density at radius 1 is 1.47 bits per heavy atom. The Labute approximate surface area is 100 Å². The molecule has 1 atom stereocenters. The molecule has 17 heavy (non-hydrogen) atoms. The average Bonchev–Trinajstić information content (AvgIpc) is 2.27. The van der Waals surface area contributed by atoms with Gasteiger partial charge >= 0.3 is 5.97 Å². The van der Waals surface area contributed by atoms with Crippen LogP contribution >= 0.6 is 0 Å². The van der Waals surface area contributed by atoms with E-state index < -0.39 is 12.1 Å². The number of rotatable bonds is 7. The number of carboxylic acids is 1.